The largest absolute Gasteiger partial charge is 0.479 e. The van der Waals surface area contributed by atoms with Crippen molar-refractivity contribution in [3.63, 3.8) is 0 Å². The van der Waals surface area contributed by atoms with Gasteiger partial charge in [0.25, 0.3) is 0 Å². The van der Waals surface area contributed by atoms with E-state index < -0.39 is 12.1 Å². The van der Waals surface area contributed by atoms with Crippen LogP contribution >= 0.6 is 0 Å². The first-order valence-corrected chi connectivity index (χ1v) is 5.34. The van der Waals surface area contributed by atoms with E-state index in [1.54, 1.807) is 6.07 Å². The molecule has 1 heterocycles. The molecule has 0 aliphatic rings. The molecule has 17 heavy (non-hydrogen) atoms. The molecule has 0 unspecified atom stereocenters. The summed E-state index contributed by atoms with van der Waals surface area (Å²) in [5.41, 5.74) is 1.57. The topological polar surface area (TPSA) is 59.4 Å². The van der Waals surface area contributed by atoms with E-state index in [-0.39, 0.29) is 0 Å². The number of nitrogens with zero attached hydrogens (tertiary/aromatic N) is 1. The first-order valence-electron chi connectivity index (χ1n) is 5.34. The lowest BCUT2D eigenvalue weighted by Gasteiger charge is -2.12. The van der Waals surface area contributed by atoms with Crippen LogP contribution in [0.2, 0.25) is 0 Å². The first-order chi connectivity index (χ1) is 8.08. The van der Waals surface area contributed by atoms with E-state index in [0.29, 0.717) is 11.3 Å². The molecule has 1 aromatic heterocycles. The Kier molecular flexibility index (Phi) is 2.95. The number of rotatable bonds is 3. The van der Waals surface area contributed by atoms with Crippen LogP contribution < -0.4 is 4.74 Å². The maximum Gasteiger partial charge on any atom is 0.344 e. The number of aromatic nitrogens is 1. The van der Waals surface area contributed by atoms with Crippen LogP contribution in [-0.4, -0.2) is 22.2 Å². The second kappa shape index (κ2) is 4.41. The summed E-state index contributed by atoms with van der Waals surface area (Å²) < 4.78 is 5.38. The highest BCUT2D eigenvalue weighted by Crippen LogP contribution is 2.24. The average Bonchev–Trinajstić information content (AvgIpc) is 2.29. The predicted molar refractivity (Wildman–Crippen MR) is 64.2 cm³/mol. The van der Waals surface area contributed by atoms with Crippen molar-refractivity contribution in [1.82, 2.24) is 4.98 Å². The SMILES string of the molecule is Cc1ccc2cccc(O[C@H](C)C(=O)O)c2n1. The van der Waals surface area contributed by atoms with Gasteiger partial charge in [-0.2, -0.15) is 0 Å². The summed E-state index contributed by atoms with van der Waals surface area (Å²) in [6.07, 6.45) is -0.886. The maximum absolute atomic E-state index is 10.8. The third kappa shape index (κ3) is 2.36. The van der Waals surface area contributed by atoms with Gasteiger partial charge in [-0.1, -0.05) is 18.2 Å². The minimum absolute atomic E-state index is 0.501. The normalized spacial score (nSPS) is 12.4. The molecule has 0 radical (unpaired) electrons. The molecule has 0 saturated carbocycles. The molecule has 0 fully saturated rings. The summed E-state index contributed by atoms with van der Waals surface area (Å²) in [5.74, 6) is -0.490. The van der Waals surface area contributed by atoms with Gasteiger partial charge >= 0.3 is 5.97 Å². The zero-order valence-corrected chi connectivity index (χ0v) is 9.68. The second-order valence-corrected chi connectivity index (χ2v) is 3.88. The van der Waals surface area contributed by atoms with E-state index in [1.165, 1.54) is 6.92 Å². The molecular formula is C13H13NO3. The van der Waals surface area contributed by atoms with Gasteiger partial charge in [-0.25, -0.2) is 9.78 Å². The van der Waals surface area contributed by atoms with E-state index in [2.05, 4.69) is 4.98 Å². The van der Waals surface area contributed by atoms with Gasteiger partial charge in [0.15, 0.2) is 6.10 Å². The summed E-state index contributed by atoms with van der Waals surface area (Å²) >= 11 is 0. The molecule has 1 N–H and O–H groups in total. The number of aliphatic carboxylic acids is 1. The highest BCUT2D eigenvalue weighted by Gasteiger charge is 2.14. The molecule has 2 aromatic rings. The van der Waals surface area contributed by atoms with Crippen molar-refractivity contribution in [3.8, 4) is 5.75 Å². The number of ether oxygens (including phenoxy) is 1. The Bertz CT molecular complexity index is 566. The fourth-order valence-corrected chi connectivity index (χ4v) is 1.55. The first kappa shape index (κ1) is 11.4. The summed E-state index contributed by atoms with van der Waals surface area (Å²) in [6.45, 7) is 3.38. The highest BCUT2D eigenvalue weighted by molar-refractivity contribution is 5.85. The third-order valence-electron chi connectivity index (χ3n) is 2.47. The summed E-state index contributed by atoms with van der Waals surface area (Å²) in [7, 11) is 0. The van der Waals surface area contributed by atoms with Crippen LogP contribution in [0.15, 0.2) is 30.3 Å². The fraction of sp³-hybridized carbons (Fsp3) is 0.231. The Labute approximate surface area is 98.9 Å². The molecule has 0 spiro atoms. The molecule has 0 bridgehead atoms. The average molecular weight is 231 g/mol. The number of benzene rings is 1. The molecule has 4 heteroatoms. The second-order valence-electron chi connectivity index (χ2n) is 3.88. The highest BCUT2D eigenvalue weighted by atomic mass is 16.5. The summed E-state index contributed by atoms with van der Waals surface area (Å²) in [4.78, 5) is 15.1. The Morgan fingerprint density at radius 1 is 1.35 bits per heavy atom. The zero-order valence-electron chi connectivity index (χ0n) is 9.68. The van der Waals surface area contributed by atoms with Crippen LogP contribution in [0.1, 0.15) is 12.6 Å². The predicted octanol–water partition coefficient (Wildman–Crippen LogP) is 2.40. The Morgan fingerprint density at radius 3 is 2.82 bits per heavy atom. The molecule has 2 rings (SSSR count). The quantitative estimate of drug-likeness (QED) is 0.881. The van der Waals surface area contributed by atoms with Crippen LogP contribution in [0.4, 0.5) is 0 Å². The minimum atomic E-state index is -0.991. The van der Waals surface area contributed by atoms with E-state index in [4.69, 9.17) is 9.84 Å². The minimum Gasteiger partial charge on any atom is -0.479 e. The molecule has 0 aliphatic carbocycles. The van der Waals surface area contributed by atoms with E-state index >= 15 is 0 Å². The third-order valence-corrected chi connectivity index (χ3v) is 2.47. The number of hydrogen-bond donors (Lipinski definition) is 1. The number of hydrogen-bond acceptors (Lipinski definition) is 3. The van der Waals surface area contributed by atoms with E-state index in [1.807, 2.05) is 31.2 Å². The number of pyridine rings is 1. The molecule has 0 amide bonds. The molecule has 4 nitrogen and oxygen atoms in total. The van der Waals surface area contributed by atoms with Crippen molar-refractivity contribution in [1.29, 1.82) is 0 Å². The standard InChI is InChI=1S/C13H13NO3/c1-8-6-7-10-4-3-5-11(12(10)14-8)17-9(2)13(15)16/h3-7,9H,1-2H3,(H,15,16)/t9-/m1/s1. The van der Waals surface area contributed by atoms with Crippen LogP contribution in [0.5, 0.6) is 5.75 Å². The Balaban J connectivity index is 2.46. The molecule has 1 aromatic carbocycles. The van der Waals surface area contributed by atoms with E-state index in [9.17, 15) is 4.79 Å². The summed E-state index contributed by atoms with van der Waals surface area (Å²) in [6, 6.07) is 9.32. The lowest BCUT2D eigenvalue weighted by Crippen LogP contribution is -2.23. The Hall–Kier alpha value is -2.10. The van der Waals surface area contributed by atoms with Crippen molar-refractivity contribution in [3.05, 3.63) is 36.0 Å². The van der Waals surface area contributed by atoms with Gasteiger partial charge in [-0.15, -0.1) is 0 Å². The number of aryl methyl sites for hydroxylation is 1. The molecule has 1 atom stereocenters. The van der Waals surface area contributed by atoms with Crippen LogP contribution in [-0.2, 0) is 4.79 Å². The van der Waals surface area contributed by atoms with Crippen LogP contribution in [0.3, 0.4) is 0 Å². The van der Waals surface area contributed by atoms with Gasteiger partial charge in [0, 0.05) is 11.1 Å². The fourth-order valence-electron chi connectivity index (χ4n) is 1.55. The lowest BCUT2D eigenvalue weighted by atomic mass is 10.2. The van der Waals surface area contributed by atoms with Gasteiger partial charge in [0.2, 0.25) is 0 Å². The monoisotopic (exact) mass is 231 g/mol. The van der Waals surface area contributed by atoms with Crippen LogP contribution in [0, 0.1) is 6.92 Å². The number of carboxylic acid groups (broad SMARTS) is 1. The van der Waals surface area contributed by atoms with Crippen molar-refractivity contribution in [2.75, 3.05) is 0 Å². The number of carbonyl (C=O) groups is 1. The molecule has 0 saturated heterocycles. The maximum atomic E-state index is 10.8. The van der Waals surface area contributed by atoms with Gasteiger partial charge in [-0.3, -0.25) is 0 Å². The number of fused-ring (bicyclic) bond motifs is 1. The lowest BCUT2D eigenvalue weighted by molar-refractivity contribution is -0.144. The molecule has 88 valence electrons. The van der Waals surface area contributed by atoms with Gasteiger partial charge in [0.1, 0.15) is 11.3 Å². The van der Waals surface area contributed by atoms with E-state index in [0.717, 1.165) is 11.1 Å². The molecule has 0 aliphatic heterocycles. The number of carboxylic acids is 1. The molecular weight excluding hydrogens is 218 g/mol. The van der Waals surface area contributed by atoms with Crippen molar-refractivity contribution >= 4 is 16.9 Å². The van der Waals surface area contributed by atoms with Crippen molar-refractivity contribution < 1.29 is 14.6 Å². The number of para-hydroxylation sites is 1. The van der Waals surface area contributed by atoms with Crippen molar-refractivity contribution in [2.24, 2.45) is 0 Å². The van der Waals surface area contributed by atoms with Gasteiger partial charge < -0.3 is 9.84 Å². The summed E-state index contributed by atoms with van der Waals surface area (Å²) in [5, 5.41) is 9.76. The smallest absolute Gasteiger partial charge is 0.344 e. The zero-order chi connectivity index (χ0) is 12.4. The van der Waals surface area contributed by atoms with Gasteiger partial charge in [-0.05, 0) is 26.0 Å². The Morgan fingerprint density at radius 2 is 2.12 bits per heavy atom. The van der Waals surface area contributed by atoms with Crippen molar-refractivity contribution in [2.45, 2.75) is 20.0 Å². The van der Waals surface area contributed by atoms with Gasteiger partial charge in [0.05, 0.1) is 0 Å². The van der Waals surface area contributed by atoms with Crippen LogP contribution in [0.25, 0.3) is 10.9 Å².